The molecule has 0 radical (unpaired) electrons. The minimum atomic E-state index is -0.980. The summed E-state index contributed by atoms with van der Waals surface area (Å²) >= 11 is 0. The van der Waals surface area contributed by atoms with Crippen molar-refractivity contribution in [3.8, 4) is 11.1 Å². The first-order valence-corrected chi connectivity index (χ1v) is 9.70. The van der Waals surface area contributed by atoms with Crippen molar-refractivity contribution in [3.63, 3.8) is 0 Å². The molecular weight excluding hydrogens is 354 g/mol. The van der Waals surface area contributed by atoms with Gasteiger partial charge in [0.05, 0.1) is 6.10 Å². The van der Waals surface area contributed by atoms with Crippen LogP contribution in [0.1, 0.15) is 44.2 Å². The molecule has 2 aromatic carbocycles. The van der Waals surface area contributed by atoms with Gasteiger partial charge in [-0.2, -0.15) is 0 Å². The molecule has 3 rings (SSSR count). The Hall–Kier alpha value is -2.66. The Kier molecular flexibility index (Phi) is 6.15. The zero-order valence-corrected chi connectivity index (χ0v) is 16.5. The molecule has 0 spiro atoms. The Labute approximate surface area is 165 Å². The van der Waals surface area contributed by atoms with E-state index in [-0.39, 0.29) is 24.2 Å². The number of fused-ring (bicyclic) bond motifs is 3. The quantitative estimate of drug-likeness (QED) is 0.763. The number of nitrogens with one attached hydrogen (secondary N) is 1. The van der Waals surface area contributed by atoms with Crippen molar-refractivity contribution < 1.29 is 19.4 Å². The third kappa shape index (κ3) is 4.25. The van der Waals surface area contributed by atoms with Gasteiger partial charge in [0.2, 0.25) is 0 Å². The summed E-state index contributed by atoms with van der Waals surface area (Å²) in [6, 6.07) is 15.2. The summed E-state index contributed by atoms with van der Waals surface area (Å²) in [4.78, 5) is 24.6. The average Bonchev–Trinajstić information content (AvgIpc) is 2.97. The molecule has 2 atom stereocenters. The lowest BCUT2D eigenvalue weighted by atomic mass is 9.98. The molecule has 1 amide bonds. The first kappa shape index (κ1) is 20.1. The van der Waals surface area contributed by atoms with Gasteiger partial charge in [-0.25, -0.2) is 4.79 Å². The predicted octanol–water partition coefficient (Wildman–Crippen LogP) is 3.89. The maximum atomic E-state index is 12.3. The molecule has 148 valence electrons. The number of aliphatic hydroxyl groups excluding tert-OH is 1. The van der Waals surface area contributed by atoms with Gasteiger partial charge in [0.1, 0.15) is 12.6 Å². The molecule has 0 bridgehead atoms. The highest BCUT2D eigenvalue weighted by Crippen LogP contribution is 2.44. The standard InChI is InChI=1S/C23H27NO4/c1-14(2)12-21(26)22(15(3)25)24-23(27)28-13-20-18-10-6-4-8-16(18)17-9-5-7-11-19(17)20/h4-11,14-15,20,22,25H,12-13H2,1-3H3,(H,24,27)/t15-,22+/m1/s1. The second-order valence-corrected chi connectivity index (χ2v) is 7.75. The van der Waals surface area contributed by atoms with Crippen LogP contribution in [0.5, 0.6) is 0 Å². The molecule has 5 nitrogen and oxygen atoms in total. The molecule has 2 N–H and O–H groups in total. The minimum absolute atomic E-state index is 0.0467. The van der Waals surface area contributed by atoms with Gasteiger partial charge in [-0.3, -0.25) is 4.79 Å². The van der Waals surface area contributed by atoms with Crippen LogP contribution in [-0.2, 0) is 9.53 Å². The first-order chi connectivity index (χ1) is 13.4. The van der Waals surface area contributed by atoms with Gasteiger partial charge in [0.25, 0.3) is 0 Å². The van der Waals surface area contributed by atoms with Crippen LogP contribution in [0, 0.1) is 5.92 Å². The number of benzene rings is 2. The highest BCUT2D eigenvalue weighted by molar-refractivity contribution is 5.88. The van der Waals surface area contributed by atoms with E-state index in [1.165, 1.54) is 6.92 Å². The molecule has 1 aliphatic rings. The van der Waals surface area contributed by atoms with Crippen LogP contribution in [0.4, 0.5) is 4.79 Å². The summed E-state index contributed by atoms with van der Waals surface area (Å²) in [6.45, 7) is 5.51. The Balaban J connectivity index is 1.68. The molecule has 0 heterocycles. The number of carbonyl (C=O) groups excluding carboxylic acids is 2. The highest BCUT2D eigenvalue weighted by atomic mass is 16.5. The second-order valence-electron chi connectivity index (χ2n) is 7.75. The zero-order valence-electron chi connectivity index (χ0n) is 16.5. The summed E-state index contributed by atoms with van der Waals surface area (Å²) in [5.41, 5.74) is 4.56. The number of rotatable bonds is 7. The number of aliphatic hydroxyl groups is 1. The largest absolute Gasteiger partial charge is 0.449 e. The van der Waals surface area contributed by atoms with E-state index >= 15 is 0 Å². The first-order valence-electron chi connectivity index (χ1n) is 9.70. The van der Waals surface area contributed by atoms with E-state index in [2.05, 4.69) is 17.4 Å². The molecule has 2 aromatic rings. The Morgan fingerprint density at radius 2 is 1.54 bits per heavy atom. The summed E-state index contributed by atoms with van der Waals surface area (Å²) in [5.74, 6) is -0.0916. The Morgan fingerprint density at radius 3 is 2.04 bits per heavy atom. The van der Waals surface area contributed by atoms with Gasteiger partial charge in [-0.15, -0.1) is 0 Å². The number of carbonyl (C=O) groups is 2. The fourth-order valence-electron chi connectivity index (χ4n) is 3.77. The highest BCUT2D eigenvalue weighted by Gasteiger charge is 2.30. The van der Waals surface area contributed by atoms with Gasteiger partial charge in [-0.05, 0) is 35.1 Å². The zero-order chi connectivity index (χ0) is 20.3. The Bertz CT molecular complexity index is 814. The normalized spacial score (nSPS) is 14.9. The number of hydrogen-bond acceptors (Lipinski definition) is 4. The van der Waals surface area contributed by atoms with Crippen molar-refractivity contribution in [2.45, 2.75) is 45.3 Å². The minimum Gasteiger partial charge on any atom is -0.449 e. The van der Waals surface area contributed by atoms with Crippen LogP contribution < -0.4 is 5.32 Å². The topological polar surface area (TPSA) is 75.6 Å². The van der Waals surface area contributed by atoms with Gasteiger partial charge in [0, 0.05) is 12.3 Å². The van der Waals surface area contributed by atoms with E-state index in [1.807, 2.05) is 50.2 Å². The average molecular weight is 381 g/mol. The summed E-state index contributed by atoms with van der Waals surface area (Å²) in [6.07, 6.45) is -1.38. The number of ketones is 1. The summed E-state index contributed by atoms with van der Waals surface area (Å²) in [7, 11) is 0. The third-order valence-corrected chi connectivity index (χ3v) is 5.06. The van der Waals surface area contributed by atoms with Crippen LogP contribution in [0.15, 0.2) is 48.5 Å². The molecule has 0 aliphatic heterocycles. The second kappa shape index (κ2) is 8.57. The van der Waals surface area contributed by atoms with Crippen molar-refractivity contribution in [1.82, 2.24) is 5.32 Å². The fraction of sp³-hybridized carbons (Fsp3) is 0.391. The number of alkyl carbamates (subject to hydrolysis) is 1. The smallest absolute Gasteiger partial charge is 0.407 e. The number of ether oxygens (including phenoxy) is 1. The van der Waals surface area contributed by atoms with Gasteiger partial charge < -0.3 is 15.2 Å². The number of hydrogen-bond donors (Lipinski definition) is 2. The lowest BCUT2D eigenvalue weighted by Crippen LogP contribution is -2.48. The molecule has 0 saturated heterocycles. The number of Topliss-reactive ketones (excluding diaryl/α,β-unsaturated/α-hetero) is 1. The van der Waals surface area contributed by atoms with Crippen LogP contribution in [-0.4, -0.2) is 35.7 Å². The van der Waals surface area contributed by atoms with Crippen LogP contribution >= 0.6 is 0 Å². The van der Waals surface area contributed by atoms with E-state index in [4.69, 9.17) is 4.74 Å². The van der Waals surface area contributed by atoms with Crippen molar-refractivity contribution in [2.75, 3.05) is 6.61 Å². The lowest BCUT2D eigenvalue weighted by Gasteiger charge is -2.22. The van der Waals surface area contributed by atoms with Crippen molar-refractivity contribution in [2.24, 2.45) is 5.92 Å². The van der Waals surface area contributed by atoms with Crippen LogP contribution in [0.2, 0.25) is 0 Å². The monoisotopic (exact) mass is 381 g/mol. The molecule has 5 heteroatoms. The van der Waals surface area contributed by atoms with E-state index < -0.39 is 18.2 Å². The van der Waals surface area contributed by atoms with Crippen molar-refractivity contribution in [3.05, 3.63) is 59.7 Å². The molecule has 0 unspecified atom stereocenters. The molecule has 0 aromatic heterocycles. The van der Waals surface area contributed by atoms with Crippen LogP contribution in [0.3, 0.4) is 0 Å². The summed E-state index contributed by atoms with van der Waals surface area (Å²) in [5, 5.41) is 12.4. The van der Waals surface area contributed by atoms with E-state index in [1.54, 1.807) is 0 Å². The van der Waals surface area contributed by atoms with Gasteiger partial charge >= 0.3 is 6.09 Å². The molecule has 28 heavy (non-hydrogen) atoms. The maximum Gasteiger partial charge on any atom is 0.407 e. The van der Waals surface area contributed by atoms with Gasteiger partial charge in [-0.1, -0.05) is 62.4 Å². The van der Waals surface area contributed by atoms with Crippen molar-refractivity contribution in [1.29, 1.82) is 0 Å². The van der Waals surface area contributed by atoms with E-state index in [0.29, 0.717) is 6.42 Å². The molecule has 1 aliphatic carbocycles. The van der Waals surface area contributed by atoms with Gasteiger partial charge in [0.15, 0.2) is 5.78 Å². The molecule has 0 fully saturated rings. The third-order valence-electron chi connectivity index (χ3n) is 5.06. The SMILES string of the molecule is CC(C)CC(=O)[C@@H](NC(=O)OCC1c2ccccc2-c2ccccc21)[C@@H](C)O. The predicted molar refractivity (Wildman–Crippen MR) is 108 cm³/mol. The lowest BCUT2D eigenvalue weighted by molar-refractivity contribution is -0.124. The summed E-state index contributed by atoms with van der Waals surface area (Å²) < 4.78 is 5.46. The Morgan fingerprint density at radius 1 is 1.00 bits per heavy atom. The van der Waals surface area contributed by atoms with Crippen molar-refractivity contribution >= 4 is 11.9 Å². The maximum absolute atomic E-state index is 12.3. The fourth-order valence-corrected chi connectivity index (χ4v) is 3.77. The molecular formula is C23H27NO4. The van der Waals surface area contributed by atoms with E-state index in [0.717, 1.165) is 22.3 Å². The van der Waals surface area contributed by atoms with Crippen LogP contribution in [0.25, 0.3) is 11.1 Å². The molecule has 0 saturated carbocycles. The van der Waals surface area contributed by atoms with E-state index in [9.17, 15) is 14.7 Å². The number of amides is 1.